The fraction of sp³-hybridized carbons (Fsp3) is 0.533. The van der Waals surface area contributed by atoms with Gasteiger partial charge in [0.05, 0.1) is 0 Å². The Morgan fingerprint density at radius 1 is 1.47 bits per heavy atom. The lowest BCUT2D eigenvalue weighted by atomic mass is 10.1. The van der Waals surface area contributed by atoms with Gasteiger partial charge in [0.15, 0.2) is 0 Å². The third-order valence-corrected chi connectivity index (χ3v) is 3.56. The molecule has 3 N–H and O–H groups in total. The van der Waals surface area contributed by atoms with Crippen molar-refractivity contribution >= 4 is 17.3 Å². The molecular formula is C15H25N3O. The number of rotatable bonds is 6. The highest BCUT2D eigenvalue weighted by Gasteiger charge is 2.10. The molecule has 1 aromatic carbocycles. The molecule has 0 aromatic heterocycles. The fourth-order valence-electron chi connectivity index (χ4n) is 1.85. The maximum atomic E-state index is 11.9. The van der Waals surface area contributed by atoms with Crippen molar-refractivity contribution in [2.75, 3.05) is 24.6 Å². The van der Waals surface area contributed by atoms with Gasteiger partial charge in [-0.3, -0.25) is 4.79 Å². The molecule has 0 heterocycles. The summed E-state index contributed by atoms with van der Waals surface area (Å²) in [5.74, 6) is 0.0445. The van der Waals surface area contributed by atoms with E-state index in [1.165, 1.54) is 0 Å². The zero-order valence-electron chi connectivity index (χ0n) is 12.4. The lowest BCUT2D eigenvalue weighted by molar-refractivity contribution is -0.116. The van der Waals surface area contributed by atoms with E-state index in [1.54, 1.807) is 6.07 Å². The van der Waals surface area contributed by atoms with Crippen LogP contribution in [0.3, 0.4) is 0 Å². The number of nitrogen functional groups attached to an aromatic ring is 1. The van der Waals surface area contributed by atoms with E-state index in [0.717, 1.165) is 24.2 Å². The summed E-state index contributed by atoms with van der Waals surface area (Å²) in [5.41, 5.74) is 8.23. The number of aryl methyl sites for hydroxylation is 1. The number of hydrogen-bond acceptors (Lipinski definition) is 3. The molecule has 1 rings (SSSR count). The van der Waals surface area contributed by atoms with Crippen LogP contribution in [0.5, 0.6) is 0 Å². The molecule has 0 fully saturated rings. The number of amides is 1. The zero-order valence-corrected chi connectivity index (χ0v) is 12.4. The highest BCUT2D eigenvalue weighted by Crippen LogP contribution is 2.17. The molecule has 0 bridgehead atoms. The molecule has 1 aromatic rings. The summed E-state index contributed by atoms with van der Waals surface area (Å²) in [7, 11) is 2.05. The predicted molar refractivity (Wildman–Crippen MR) is 81.2 cm³/mol. The molecule has 0 spiro atoms. The molecule has 1 atom stereocenters. The first-order valence-electron chi connectivity index (χ1n) is 6.80. The number of anilines is 2. The maximum Gasteiger partial charge on any atom is 0.225 e. The van der Waals surface area contributed by atoms with Gasteiger partial charge in [0.25, 0.3) is 0 Å². The van der Waals surface area contributed by atoms with Gasteiger partial charge in [0, 0.05) is 30.4 Å². The van der Waals surface area contributed by atoms with Crippen molar-refractivity contribution < 1.29 is 4.79 Å². The second-order valence-corrected chi connectivity index (χ2v) is 5.11. The number of carbonyl (C=O) groups is 1. The summed E-state index contributed by atoms with van der Waals surface area (Å²) < 4.78 is 0. The van der Waals surface area contributed by atoms with Crippen LogP contribution in [0.15, 0.2) is 18.2 Å². The standard InChI is InChI=1S/C15H25N3O/c1-5-12(3)18(4)9-8-15(19)17-14-7-6-13(16)10-11(14)2/h6-7,10,12H,5,8-9,16H2,1-4H3,(H,17,19). The molecular weight excluding hydrogens is 238 g/mol. The van der Waals surface area contributed by atoms with E-state index in [0.29, 0.717) is 18.2 Å². The van der Waals surface area contributed by atoms with Crippen LogP contribution in [0.1, 0.15) is 32.3 Å². The number of nitrogens with one attached hydrogen (secondary N) is 1. The van der Waals surface area contributed by atoms with E-state index in [4.69, 9.17) is 5.73 Å². The van der Waals surface area contributed by atoms with Crippen LogP contribution in [-0.4, -0.2) is 30.4 Å². The monoisotopic (exact) mass is 263 g/mol. The summed E-state index contributed by atoms with van der Waals surface area (Å²) in [5, 5.41) is 2.93. The fourth-order valence-corrected chi connectivity index (χ4v) is 1.85. The summed E-state index contributed by atoms with van der Waals surface area (Å²) in [6.45, 7) is 7.03. The Labute approximate surface area is 116 Å². The molecule has 4 nitrogen and oxygen atoms in total. The van der Waals surface area contributed by atoms with Gasteiger partial charge in [0.2, 0.25) is 5.91 Å². The van der Waals surface area contributed by atoms with Crippen molar-refractivity contribution in [3.63, 3.8) is 0 Å². The van der Waals surface area contributed by atoms with Gasteiger partial charge in [-0.15, -0.1) is 0 Å². The quantitative estimate of drug-likeness (QED) is 0.776. The minimum atomic E-state index is 0.0445. The topological polar surface area (TPSA) is 58.4 Å². The van der Waals surface area contributed by atoms with E-state index in [2.05, 4.69) is 31.1 Å². The van der Waals surface area contributed by atoms with E-state index in [-0.39, 0.29) is 5.91 Å². The molecule has 1 unspecified atom stereocenters. The van der Waals surface area contributed by atoms with Gasteiger partial charge >= 0.3 is 0 Å². The van der Waals surface area contributed by atoms with E-state index < -0.39 is 0 Å². The molecule has 0 aliphatic rings. The smallest absolute Gasteiger partial charge is 0.225 e. The average Bonchev–Trinajstić information content (AvgIpc) is 2.38. The first kappa shape index (κ1) is 15.5. The van der Waals surface area contributed by atoms with Gasteiger partial charge in [-0.2, -0.15) is 0 Å². The van der Waals surface area contributed by atoms with Gasteiger partial charge < -0.3 is 16.0 Å². The Balaban J connectivity index is 2.47. The molecule has 0 aliphatic heterocycles. The number of nitrogens with zero attached hydrogens (tertiary/aromatic N) is 1. The van der Waals surface area contributed by atoms with Crippen molar-refractivity contribution in [1.29, 1.82) is 0 Å². The van der Waals surface area contributed by atoms with Crippen molar-refractivity contribution in [3.8, 4) is 0 Å². The van der Waals surface area contributed by atoms with Crippen LogP contribution in [0, 0.1) is 6.92 Å². The predicted octanol–water partition coefficient (Wildman–Crippen LogP) is 2.64. The number of nitrogens with two attached hydrogens (primary N) is 1. The molecule has 19 heavy (non-hydrogen) atoms. The van der Waals surface area contributed by atoms with Gasteiger partial charge in [-0.05, 0) is 51.1 Å². The Morgan fingerprint density at radius 3 is 2.74 bits per heavy atom. The van der Waals surface area contributed by atoms with E-state index in [9.17, 15) is 4.79 Å². The van der Waals surface area contributed by atoms with E-state index in [1.807, 2.05) is 19.1 Å². The third-order valence-electron chi connectivity index (χ3n) is 3.56. The Hall–Kier alpha value is -1.55. The molecule has 0 saturated heterocycles. The summed E-state index contributed by atoms with van der Waals surface area (Å²) in [4.78, 5) is 14.1. The Bertz CT molecular complexity index is 431. The highest BCUT2D eigenvalue weighted by atomic mass is 16.1. The molecule has 0 saturated carbocycles. The van der Waals surface area contributed by atoms with Crippen LogP contribution in [0.4, 0.5) is 11.4 Å². The van der Waals surface area contributed by atoms with Crippen molar-refractivity contribution in [2.45, 2.75) is 39.7 Å². The normalized spacial score (nSPS) is 12.5. The van der Waals surface area contributed by atoms with Gasteiger partial charge in [-0.1, -0.05) is 6.92 Å². The lowest BCUT2D eigenvalue weighted by Gasteiger charge is -2.23. The van der Waals surface area contributed by atoms with Crippen molar-refractivity contribution in [3.05, 3.63) is 23.8 Å². The minimum absolute atomic E-state index is 0.0445. The first-order valence-corrected chi connectivity index (χ1v) is 6.80. The zero-order chi connectivity index (χ0) is 14.4. The molecule has 4 heteroatoms. The van der Waals surface area contributed by atoms with Gasteiger partial charge in [-0.25, -0.2) is 0 Å². The molecule has 0 aliphatic carbocycles. The minimum Gasteiger partial charge on any atom is -0.399 e. The summed E-state index contributed by atoms with van der Waals surface area (Å²) >= 11 is 0. The molecule has 0 radical (unpaired) electrons. The third kappa shape index (κ3) is 4.91. The molecule has 106 valence electrons. The summed E-state index contributed by atoms with van der Waals surface area (Å²) in [6.07, 6.45) is 1.60. The highest BCUT2D eigenvalue weighted by molar-refractivity contribution is 5.91. The van der Waals surface area contributed by atoms with Crippen LogP contribution in [-0.2, 0) is 4.79 Å². The largest absolute Gasteiger partial charge is 0.399 e. The first-order chi connectivity index (χ1) is 8.93. The van der Waals surface area contributed by atoms with Gasteiger partial charge in [0.1, 0.15) is 0 Å². The number of hydrogen-bond donors (Lipinski definition) is 2. The van der Waals surface area contributed by atoms with Crippen LogP contribution in [0.25, 0.3) is 0 Å². The second-order valence-electron chi connectivity index (χ2n) is 5.11. The van der Waals surface area contributed by atoms with Crippen molar-refractivity contribution in [2.24, 2.45) is 0 Å². The summed E-state index contributed by atoms with van der Waals surface area (Å²) in [6, 6.07) is 6.02. The van der Waals surface area contributed by atoms with Crippen molar-refractivity contribution in [1.82, 2.24) is 4.90 Å². The van der Waals surface area contributed by atoms with E-state index >= 15 is 0 Å². The average molecular weight is 263 g/mol. The van der Waals surface area contributed by atoms with Crippen LogP contribution >= 0.6 is 0 Å². The Morgan fingerprint density at radius 2 is 2.16 bits per heavy atom. The van der Waals surface area contributed by atoms with Crippen LogP contribution < -0.4 is 11.1 Å². The number of benzene rings is 1. The SMILES string of the molecule is CCC(C)N(C)CCC(=O)Nc1ccc(N)cc1C. The molecule has 1 amide bonds. The second kappa shape index (κ2) is 7.14. The van der Waals surface area contributed by atoms with Crippen LogP contribution in [0.2, 0.25) is 0 Å². The Kier molecular flexibility index (Phi) is 5.83. The number of carbonyl (C=O) groups excluding carboxylic acids is 1. The lowest BCUT2D eigenvalue weighted by Crippen LogP contribution is -2.31. The maximum absolute atomic E-state index is 11.9.